The number of carbonyl (C=O) groups is 1. The molecule has 7 heteroatoms. The molecule has 0 aromatic carbocycles. The van der Waals surface area contributed by atoms with Crippen molar-refractivity contribution in [2.45, 2.75) is 37.9 Å². The van der Waals surface area contributed by atoms with E-state index in [9.17, 15) is 23.1 Å². The molecule has 4 nitrogen and oxygen atoms in total. The number of aliphatic hydroxyl groups excluding tert-OH is 1. The lowest BCUT2D eigenvalue weighted by atomic mass is 10.1. The number of aliphatic hydroxyl groups is 1. The first-order chi connectivity index (χ1) is 8.30. The van der Waals surface area contributed by atoms with E-state index in [4.69, 9.17) is 5.73 Å². The van der Waals surface area contributed by atoms with Crippen LogP contribution in [0.2, 0.25) is 0 Å². The molecule has 3 N–H and O–H groups in total. The van der Waals surface area contributed by atoms with E-state index in [1.807, 2.05) is 0 Å². The molecule has 0 aliphatic heterocycles. The van der Waals surface area contributed by atoms with Crippen molar-refractivity contribution in [3.63, 3.8) is 0 Å². The minimum absolute atomic E-state index is 0.0249. The SMILES string of the molecule is NC1=C(O)CCC(N(C(=O)C(F)(F)F)C2CC2)=C1. The van der Waals surface area contributed by atoms with Gasteiger partial charge in [-0.1, -0.05) is 0 Å². The lowest BCUT2D eigenvalue weighted by molar-refractivity contribution is -0.184. The zero-order valence-corrected chi connectivity index (χ0v) is 9.50. The molecule has 0 atom stereocenters. The first kappa shape index (κ1) is 12.8. The van der Waals surface area contributed by atoms with Crippen LogP contribution in [0.15, 0.2) is 23.2 Å². The van der Waals surface area contributed by atoms with Crippen LogP contribution in [0.5, 0.6) is 0 Å². The third kappa shape index (κ3) is 2.44. The van der Waals surface area contributed by atoms with Crippen LogP contribution in [0.3, 0.4) is 0 Å². The van der Waals surface area contributed by atoms with Crippen molar-refractivity contribution in [3.8, 4) is 0 Å². The Bertz CT molecular complexity index is 436. The molecule has 1 amide bonds. The fourth-order valence-corrected chi connectivity index (χ4v) is 1.92. The van der Waals surface area contributed by atoms with Crippen molar-refractivity contribution in [3.05, 3.63) is 23.2 Å². The van der Waals surface area contributed by atoms with Crippen molar-refractivity contribution in [1.82, 2.24) is 4.90 Å². The quantitative estimate of drug-likeness (QED) is 0.799. The number of nitrogens with two attached hydrogens (primary N) is 1. The Morgan fingerprint density at radius 1 is 1.39 bits per heavy atom. The maximum atomic E-state index is 12.5. The summed E-state index contributed by atoms with van der Waals surface area (Å²) in [5.41, 5.74) is 5.73. The van der Waals surface area contributed by atoms with Crippen LogP contribution in [0.1, 0.15) is 25.7 Å². The van der Waals surface area contributed by atoms with Gasteiger partial charge in [-0.3, -0.25) is 4.79 Å². The summed E-state index contributed by atoms with van der Waals surface area (Å²) in [6, 6.07) is -0.390. The Morgan fingerprint density at radius 2 is 2.00 bits per heavy atom. The van der Waals surface area contributed by atoms with Gasteiger partial charge in [0, 0.05) is 18.2 Å². The molecule has 2 aliphatic carbocycles. The first-order valence-electron chi connectivity index (χ1n) is 5.59. The average Bonchev–Trinajstić information content (AvgIpc) is 3.06. The van der Waals surface area contributed by atoms with Gasteiger partial charge in [0.1, 0.15) is 5.76 Å². The summed E-state index contributed by atoms with van der Waals surface area (Å²) in [5, 5.41) is 9.31. The van der Waals surface area contributed by atoms with E-state index in [0.29, 0.717) is 12.8 Å². The van der Waals surface area contributed by atoms with Crippen molar-refractivity contribution >= 4 is 5.91 Å². The second kappa shape index (κ2) is 4.22. The molecule has 18 heavy (non-hydrogen) atoms. The molecule has 1 saturated carbocycles. The summed E-state index contributed by atoms with van der Waals surface area (Å²) in [7, 11) is 0. The predicted octanol–water partition coefficient (Wildman–Crippen LogP) is 1.95. The molecule has 1 fully saturated rings. The van der Waals surface area contributed by atoms with Crippen molar-refractivity contribution in [2.75, 3.05) is 0 Å². The second-order valence-corrected chi connectivity index (χ2v) is 4.44. The summed E-state index contributed by atoms with van der Waals surface area (Å²) in [4.78, 5) is 12.2. The monoisotopic (exact) mass is 262 g/mol. The third-order valence-electron chi connectivity index (χ3n) is 2.96. The molecule has 0 aromatic rings. The molecule has 0 heterocycles. The predicted molar refractivity (Wildman–Crippen MR) is 57.1 cm³/mol. The van der Waals surface area contributed by atoms with Crippen LogP contribution in [0.25, 0.3) is 0 Å². The number of alkyl halides is 3. The van der Waals surface area contributed by atoms with Crippen LogP contribution in [0.4, 0.5) is 13.2 Å². The third-order valence-corrected chi connectivity index (χ3v) is 2.96. The van der Waals surface area contributed by atoms with Crippen LogP contribution in [0, 0.1) is 0 Å². The Morgan fingerprint density at radius 3 is 2.44 bits per heavy atom. The van der Waals surface area contributed by atoms with Crippen LogP contribution >= 0.6 is 0 Å². The van der Waals surface area contributed by atoms with Crippen molar-refractivity contribution in [2.24, 2.45) is 5.73 Å². The van der Waals surface area contributed by atoms with Gasteiger partial charge in [0.25, 0.3) is 0 Å². The minimum atomic E-state index is -4.89. The van der Waals surface area contributed by atoms with Gasteiger partial charge in [0.2, 0.25) is 0 Å². The van der Waals surface area contributed by atoms with Gasteiger partial charge in [0.15, 0.2) is 0 Å². The van der Waals surface area contributed by atoms with Gasteiger partial charge in [0.05, 0.1) is 5.70 Å². The Hall–Kier alpha value is -1.66. The summed E-state index contributed by atoms with van der Waals surface area (Å²) in [6.07, 6.45) is -2.16. The van der Waals surface area contributed by atoms with Crippen molar-refractivity contribution < 1.29 is 23.1 Å². The molecule has 0 saturated heterocycles. The maximum Gasteiger partial charge on any atom is 0.471 e. The fourth-order valence-electron chi connectivity index (χ4n) is 1.92. The molecule has 100 valence electrons. The first-order valence-corrected chi connectivity index (χ1v) is 5.59. The van der Waals surface area contributed by atoms with Gasteiger partial charge in [-0.25, -0.2) is 0 Å². The highest BCUT2D eigenvalue weighted by atomic mass is 19.4. The molecule has 0 bridgehead atoms. The van der Waals surface area contributed by atoms with Gasteiger partial charge >= 0.3 is 12.1 Å². The highest BCUT2D eigenvalue weighted by Gasteiger charge is 2.48. The molecule has 2 aliphatic rings. The molecule has 2 rings (SSSR count). The van der Waals surface area contributed by atoms with Gasteiger partial charge in [-0.15, -0.1) is 0 Å². The lowest BCUT2D eigenvalue weighted by Gasteiger charge is -2.28. The van der Waals surface area contributed by atoms with Gasteiger partial charge in [-0.2, -0.15) is 13.2 Å². The van der Waals surface area contributed by atoms with Gasteiger partial charge in [-0.05, 0) is 25.3 Å². The normalized spacial score (nSPS) is 20.7. The van der Waals surface area contributed by atoms with E-state index in [-0.39, 0.29) is 30.0 Å². The molecular weight excluding hydrogens is 249 g/mol. The smallest absolute Gasteiger partial charge is 0.471 e. The number of rotatable bonds is 2. The lowest BCUT2D eigenvalue weighted by Crippen LogP contribution is -2.42. The second-order valence-electron chi connectivity index (χ2n) is 4.44. The number of allylic oxidation sites excluding steroid dienone is 3. The Balaban J connectivity index is 2.27. The number of amides is 1. The highest BCUT2D eigenvalue weighted by molar-refractivity contribution is 5.84. The summed E-state index contributed by atoms with van der Waals surface area (Å²) < 4.78 is 37.5. The molecule has 0 radical (unpaired) electrons. The van der Waals surface area contributed by atoms with Crippen molar-refractivity contribution in [1.29, 1.82) is 0 Å². The number of hydrogen-bond acceptors (Lipinski definition) is 3. The number of hydrogen-bond donors (Lipinski definition) is 2. The summed E-state index contributed by atoms with van der Waals surface area (Å²) >= 11 is 0. The number of halogens is 3. The average molecular weight is 262 g/mol. The van der Waals surface area contributed by atoms with E-state index in [2.05, 4.69) is 0 Å². The highest BCUT2D eigenvalue weighted by Crippen LogP contribution is 2.36. The zero-order chi connectivity index (χ0) is 13.5. The summed E-state index contributed by atoms with van der Waals surface area (Å²) in [6.45, 7) is 0. The van der Waals surface area contributed by atoms with Gasteiger partial charge < -0.3 is 15.7 Å². The molecule has 0 aromatic heterocycles. The summed E-state index contributed by atoms with van der Waals surface area (Å²) in [5.74, 6) is -1.90. The zero-order valence-electron chi connectivity index (χ0n) is 9.50. The molecule has 0 unspecified atom stereocenters. The van der Waals surface area contributed by atoms with E-state index in [0.717, 1.165) is 4.90 Å². The minimum Gasteiger partial charge on any atom is -0.510 e. The number of nitrogens with zero attached hydrogens (tertiary/aromatic N) is 1. The van der Waals surface area contributed by atoms with E-state index in [1.54, 1.807) is 0 Å². The van der Waals surface area contributed by atoms with E-state index in [1.165, 1.54) is 6.08 Å². The fraction of sp³-hybridized carbons (Fsp3) is 0.545. The topological polar surface area (TPSA) is 66.6 Å². The Labute approximate surface area is 102 Å². The largest absolute Gasteiger partial charge is 0.510 e. The standard InChI is InChI=1S/C11H13F3N2O2/c12-11(13,14)10(18)16(6-1-2-6)7-3-4-9(17)8(15)5-7/h5-6,17H,1-4,15H2. The van der Waals surface area contributed by atoms with Crippen LogP contribution in [-0.2, 0) is 4.79 Å². The van der Waals surface area contributed by atoms with E-state index >= 15 is 0 Å². The van der Waals surface area contributed by atoms with Crippen LogP contribution < -0.4 is 5.73 Å². The maximum absolute atomic E-state index is 12.5. The number of carbonyl (C=O) groups excluding carboxylic acids is 1. The Kier molecular flexibility index (Phi) is 3.00. The van der Waals surface area contributed by atoms with Crippen LogP contribution in [-0.4, -0.2) is 28.1 Å². The van der Waals surface area contributed by atoms with E-state index < -0.39 is 18.1 Å². The molecular formula is C11H13F3N2O2. The molecule has 0 spiro atoms.